The van der Waals surface area contributed by atoms with Crippen LogP contribution in [0.15, 0.2) is 0 Å². The monoisotopic (exact) mass is 254 g/mol. The Bertz CT molecular complexity index is 291. The minimum Gasteiger partial charge on any atom is -0.390 e. The fourth-order valence-electron chi connectivity index (χ4n) is 1.47. The van der Waals surface area contributed by atoms with E-state index in [-0.39, 0.29) is 12.3 Å². The lowest BCUT2D eigenvalue weighted by molar-refractivity contribution is 0.0664. The second-order valence-corrected chi connectivity index (χ2v) is 6.59. The molecular weight excluding hydrogens is 232 g/mol. The highest BCUT2D eigenvalue weighted by molar-refractivity contribution is 7.86. The molecule has 0 spiro atoms. The highest BCUT2D eigenvalue weighted by Crippen LogP contribution is 2.19. The zero-order valence-electron chi connectivity index (χ0n) is 10.0. The van der Waals surface area contributed by atoms with Crippen LogP contribution in [0.1, 0.15) is 46.5 Å². The van der Waals surface area contributed by atoms with Crippen molar-refractivity contribution in [3.63, 3.8) is 0 Å². The predicted octanol–water partition coefficient (Wildman–Crippen LogP) is 1.16. The van der Waals surface area contributed by atoms with Crippen molar-refractivity contribution in [1.29, 1.82) is 0 Å². The molecule has 0 saturated heterocycles. The van der Waals surface area contributed by atoms with Crippen LogP contribution in [0.3, 0.4) is 0 Å². The lowest BCUT2D eigenvalue weighted by Crippen LogP contribution is -2.23. The van der Waals surface area contributed by atoms with E-state index in [1.807, 2.05) is 0 Å². The Morgan fingerprint density at radius 1 is 1.31 bits per heavy atom. The van der Waals surface area contributed by atoms with Gasteiger partial charge in [-0.3, -0.25) is 4.55 Å². The zero-order chi connectivity index (χ0) is 13.0. The van der Waals surface area contributed by atoms with E-state index in [1.54, 1.807) is 20.8 Å². The summed E-state index contributed by atoms with van der Waals surface area (Å²) in [5.74, 6) is -0.0146. The van der Waals surface area contributed by atoms with E-state index in [1.165, 1.54) is 0 Å². The third kappa shape index (κ3) is 8.04. The molecule has 0 aromatic rings. The van der Waals surface area contributed by atoms with E-state index in [0.29, 0.717) is 12.8 Å². The van der Waals surface area contributed by atoms with Gasteiger partial charge in [0.05, 0.1) is 5.60 Å². The van der Waals surface area contributed by atoms with Crippen LogP contribution in [0.25, 0.3) is 0 Å². The lowest BCUT2D eigenvalue weighted by atomic mass is 9.95. The molecule has 98 valence electrons. The highest BCUT2D eigenvalue weighted by Gasteiger charge is 2.22. The molecule has 0 amide bonds. The normalized spacial score (nSPS) is 17.1. The molecule has 2 atom stereocenters. The molecule has 0 aromatic heterocycles. The fourth-order valence-corrected chi connectivity index (χ4v) is 2.04. The van der Waals surface area contributed by atoms with Crippen molar-refractivity contribution in [1.82, 2.24) is 0 Å². The van der Waals surface area contributed by atoms with Gasteiger partial charge >= 0.3 is 0 Å². The number of aliphatic hydroxyl groups excluding tert-OH is 1. The maximum atomic E-state index is 10.6. The van der Waals surface area contributed by atoms with Gasteiger partial charge < -0.3 is 10.2 Å². The summed E-state index contributed by atoms with van der Waals surface area (Å²) in [6.45, 7) is 5.23. The number of hydrogen-bond acceptors (Lipinski definition) is 4. The minimum absolute atomic E-state index is 0.0146. The van der Waals surface area contributed by atoms with E-state index < -0.39 is 21.2 Å². The predicted molar refractivity (Wildman–Crippen MR) is 61.5 cm³/mol. The molecule has 0 rings (SSSR count). The maximum Gasteiger partial charge on any atom is 0.291 e. The Hall–Kier alpha value is -0.170. The highest BCUT2D eigenvalue weighted by atomic mass is 32.2. The van der Waals surface area contributed by atoms with Crippen LogP contribution in [0, 0.1) is 5.92 Å². The van der Waals surface area contributed by atoms with E-state index in [4.69, 9.17) is 9.66 Å². The van der Waals surface area contributed by atoms with Gasteiger partial charge in [0.2, 0.25) is 0 Å². The van der Waals surface area contributed by atoms with Gasteiger partial charge in [0.25, 0.3) is 10.1 Å². The van der Waals surface area contributed by atoms with Gasteiger partial charge in [-0.05, 0) is 32.6 Å². The molecule has 0 bridgehead atoms. The first-order valence-electron chi connectivity index (χ1n) is 5.39. The van der Waals surface area contributed by atoms with Gasteiger partial charge in [-0.25, -0.2) is 0 Å². The molecule has 5 nitrogen and oxygen atoms in total. The summed E-state index contributed by atoms with van der Waals surface area (Å²) in [4.78, 5) is 0. The van der Waals surface area contributed by atoms with Gasteiger partial charge in [-0.2, -0.15) is 8.42 Å². The Morgan fingerprint density at radius 3 is 2.19 bits per heavy atom. The van der Waals surface area contributed by atoms with Crippen molar-refractivity contribution in [3.8, 4) is 0 Å². The first kappa shape index (κ1) is 15.8. The molecule has 0 fully saturated rings. The molecule has 0 aliphatic heterocycles. The standard InChI is InChI=1S/C10H22O5S/c1-8(5-4-6-10(2,3)12)7-9(11)16(13,14)15/h8-9,11-12H,4-7H2,1-3H3,(H,13,14,15)/t8-,9-/m0/s1. The van der Waals surface area contributed by atoms with Crippen LogP contribution in [-0.4, -0.2) is 34.2 Å². The van der Waals surface area contributed by atoms with Crippen LogP contribution in [0.4, 0.5) is 0 Å². The van der Waals surface area contributed by atoms with Crippen LogP contribution in [0.5, 0.6) is 0 Å². The summed E-state index contributed by atoms with van der Waals surface area (Å²) in [6.07, 6.45) is 2.10. The number of rotatable bonds is 7. The zero-order valence-corrected chi connectivity index (χ0v) is 10.9. The molecule has 0 aliphatic rings. The summed E-state index contributed by atoms with van der Waals surface area (Å²) in [6, 6.07) is 0. The average molecular weight is 254 g/mol. The van der Waals surface area contributed by atoms with Crippen molar-refractivity contribution in [2.24, 2.45) is 5.92 Å². The van der Waals surface area contributed by atoms with E-state index in [0.717, 1.165) is 6.42 Å². The van der Waals surface area contributed by atoms with Crippen molar-refractivity contribution in [3.05, 3.63) is 0 Å². The number of aliphatic hydroxyl groups is 2. The summed E-state index contributed by atoms with van der Waals surface area (Å²) in [7, 11) is -4.35. The van der Waals surface area contributed by atoms with Gasteiger partial charge in [-0.15, -0.1) is 0 Å². The van der Waals surface area contributed by atoms with Crippen LogP contribution < -0.4 is 0 Å². The molecule has 0 aliphatic carbocycles. The van der Waals surface area contributed by atoms with Crippen molar-refractivity contribution in [2.75, 3.05) is 0 Å². The van der Waals surface area contributed by atoms with E-state index in [9.17, 15) is 13.5 Å². The van der Waals surface area contributed by atoms with Crippen LogP contribution >= 0.6 is 0 Å². The molecule has 16 heavy (non-hydrogen) atoms. The molecule has 3 N–H and O–H groups in total. The maximum absolute atomic E-state index is 10.6. The Balaban J connectivity index is 3.88. The Kier molecular flexibility index (Phi) is 5.89. The van der Waals surface area contributed by atoms with Gasteiger partial charge in [0, 0.05) is 0 Å². The smallest absolute Gasteiger partial charge is 0.291 e. The van der Waals surface area contributed by atoms with Gasteiger partial charge in [0.1, 0.15) is 0 Å². The quantitative estimate of drug-likeness (QED) is 0.593. The molecule has 0 saturated carbocycles. The molecule has 0 unspecified atom stereocenters. The fraction of sp³-hybridized carbons (Fsp3) is 1.00. The van der Waals surface area contributed by atoms with Crippen LogP contribution in [-0.2, 0) is 10.1 Å². The molecule has 0 heterocycles. The SMILES string of the molecule is C[C@@H](CCCC(C)(C)O)C[C@@H](O)S(=O)(=O)O. The van der Waals surface area contributed by atoms with Crippen molar-refractivity contribution in [2.45, 2.75) is 57.5 Å². The summed E-state index contributed by atoms with van der Waals surface area (Å²) in [5, 5.41) is 18.6. The third-order valence-electron chi connectivity index (χ3n) is 2.43. The molecule has 0 radical (unpaired) electrons. The number of hydrogen-bond donors (Lipinski definition) is 3. The summed E-state index contributed by atoms with van der Waals surface area (Å²) >= 11 is 0. The molecule has 0 aromatic carbocycles. The van der Waals surface area contributed by atoms with Gasteiger partial charge in [-0.1, -0.05) is 19.8 Å². The molecular formula is C10H22O5S. The second-order valence-electron chi connectivity index (χ2n) is 5.02. The Labute approximate surface area is 97.2 Å². The summed E-state index contributed by atoms with van der Waals surface area (Å²) in [5.41, 5.74) is -2.42. The van der Waals surface area contributed by atoms with Gasteiger partial charge in [0.15, 0.2) is 5.44 Å². The summed E-state index contributed by atoms with van der Waals surface area (Å²) < 4.78 is 29.7. The first-order chi connectivity index (χ1) is 7.02. The van der Waals surface area contributed by atoms with Crippen molar-refractivity contribution < 1.29 is 23.2 Å². The topological polar surface area (TPSA) is 94.8 Å². The minimum atomic E-state index is -4.35. The van der Waals surface area contributed by atoms with E-state index in [2.05, 4.69) is 0 Å². The Morgan fingerprint density at radius 2 is 1.81 bits per heavy atom. The average Bonchev–Trinajstić information content (AvgIpc) is 1.99. The first-order valence-corrected chi connectivity index (χ1v) is 6.89. The third-order valence-corrected chi connectivity index (χ3v) is 3.31. The largest absolute Gasteiger partial charge is 0.390 e. The molecule has 6 heteroatoms. The van der Waals surface area contributed by atoms with Crippen LogP contribution in [0.2, 0.25) is 0 Å². The van der Waals surface area contributed by atoms with Crippen molar-refractivity contribution >= 4 is 10.1 Å². The van der Waals surface area contributed by atoms with E-state index >= 15 is 0 Å². The second kappa shape index (κ2) is 5.95. The lowest BCUT2D eigenvalue weighted by Gasteiger charge is -2.19.